The summed E-state index contributed by atoms with van der Waals surface area (Å²) in [5.41, 5.74) is 7.84. The lowest BCUT2D eigenvalue weighted by atomic mass is 10.1. The maximum Gasteiger partial charge on any atom is 0.338 e. The van der Waals surface area contributed by atoms with Crippen molar-refractivity contribution < 1.29 is 9.53 Å². The standard InChI is InChI=1S/C13H19NO2/c1-9(2)6-7-16-13(15)11-5-4-10(3)12(14)8-11/h4-5,8-9H,6-7,14H2,1-3H3. The largest absolute Gasteiger partial charge is 0.462 e. The van der Waals surface area contributed by atoms with E-state index in [1.54, 1.807) is 12.1 Å². The van der Waals surface area contributed by atoms with E-state index in [0.717, 1.165) is 12.0 Å². The third-order valence-corrected chi connectivity index (χ3v) is 2.44. The topological polar surface area (TPSA) is 52.3 Å². The fourth-order valence-electron chi connectivity index (χ4n) is 1.24. The van der Waals surface area contributed by atoms with E-state index < -0.39 is 0 Å². The molecule has 0 unspecified atom stereocenters. The van der Waals surface area contributed by atoms with Crippen molar-refractivity contribution in [2.45, 2.75) is 27.2 Å². The summed E-state index contributed by atoms with van der Waals surface area (Å²) in [6, 6.07) is 5.23. The number of nitrogens with two attached hydrogens (primary N) is 1. The zero-order valence-electron chi connectivity index (χ0n) is 10.1. The first-order chi connectivity index (χ1) is 7.50. The zero-order chi connectivity index (χ0) is 12.1. The van der Waals surface area contributed by atoms with Crippen molar-refractivity contribution in [2.24, 2.45) is 5.92 Å². The number of rotatable bonds is 4. The van der Waals surface area contributed by atoms with E-state index in [1.165, 1.54) is 0 Å². The lowest BCUT2D eigenvalue weighted by Gasteiger charge is -2.07. The first kappa shape index (κ1) is 12.6. The molecule has 0 saturated carbocycles. The fourth-order valence-corrected chi connectivity index (χ4v) is 1.24. The molecule has 0 aromatic heterocycles. The van der Waals surface area contributed by atoms with Crippen LogP contribution in [0.4, 0.5) is 5.69 Å². The van der Waals surface area contributed by atoms with Gasteiger partial charge in [-0.05, 0) is 37.0 Å². The average molecular weight is 221 g/mol. The number of carbonyl (C=O) groups excluding carboxylic acids is 1. The van der Waals surface area contributed by atoms with Gasteiger partial charge in [0.1, 0.15) is 0 Å². The summed E-state index contributed by atoms with van der Waals surface area (Å²) in [5.74, 6) is 0.239. The highest BCUT2D eigenvalue weighted by molar-refractivity contribution is 5.90. The van der Waals surface area contributed by atoms with Crippen molar-refractivity contribution in [1.29, 1.82) is 0 Å². The summed E-state index contributed by atoms with van der Waals surface area (Å²) in [6.45, 7) is 6.56. The Morgan fingerprint density at radius 2 is 2.12 bits per heavy atom. The summed E-state index contributed by atoms with van der Waals surface area (Å²) >= 11 is 0. The van der Waals surface area contributed by atoms with Gasteiger partial charge in [-0.2, -0.15) is 0 Å². The molecule has 1 aromatic carbocycles. The van der Waals surface area contributed by atoms with Gasteiger partial charge in [0, 0.05) is 5.69 Å². The van der Waals surface area contributed by atoms with Crippen molar-refractivity contribution >= 4 is 11.7 Å². The average Bonchev–Trinajstić information content (AvgIpc) is 2.21. The molecule has 3 heteroatoms. The number of hydrogen-bond donors (Lipinski definition) is 1. The number of anilines is 1. The molecule has 3 nitrogen and oxygen atoms in total. The molecular formula is C13H19NO2. The van der Waals surface area contributed by atoms with Crippen molar-refractivity contribution in [1.82, 2.24) is 0 Å². The van der Waals surface area contributed by atoms with Crippen LogP contribution in [0.25, 0.3) is 0 Å². The van der Waals surface area contributed by atoms with Crippen LogP contribution in [-0.4, -0.2) is 12.6 Å². The van der Waals surface area contributed by atoms with E-state index in [4.69, 9.17) is 10.5 Å². The normalized spacial score (nSPS) is 10.5. The first-order valence-corrected chi connectivity index (χ1v) is 5.54. The lowest BCUT2D eigenvalue weighted by Crippen LogP contribution is -2.08. The van der Waals surface area contributed by atoms with Crippen molar-refractivity contribution in [3.63, 3.8) is 0 Å². The summed E-state index contributed by atoms with van der Waals surface area (Å²) in [7, 11) is 0. The Morgan fingerprint density at radius 1 is 1.44 bits per heavy atom. The highest BCUT2D eigenvalue weighted by Crippen LogP contribution is 2.14. The highest BCUT2D eigenvalue weighted by atomic mass is 16.5. The molecule has 1 rings (SSSR count). The van der Waals surface area contributed by atoms with Gasteiger partial charge in [-0.1, -0.05) is 19.9 Å². The Balaban J connectivity index is 2.56. The SMILES string of the molecule is Cc1ccc(C(=O)OCCC(C)C)cc1N. The Hall–Kier alpha value is -1.51. The van der Waals surface area contributed by atoms with Crippen LogP contribution < -0.4 is 5.73 Å². The predicted octanol–water partition coefficient (Wildman–Crippen LogP) is 2.78. The van der Waals surface area contributed by atoms with E-state index in [9.17, 15) is 4.79 Å². The molecule has 0 atom stereocenters. The maximum absolute atomic E-state index is 11.6. The van der Waals surface area contributed by atoms with Gasteiger partial charge in [-0.3, -0.25) is 0 Å². The number of hydrogen-bond acceptors (Lipinski definition) is 3. The second-order valence-electron chi connectivity index (χ2n) is 4.39. The van der Waals surface area contributed by atoms with Gasteiger partial charge < -0.3 is 10.5 Å². The Labute approximate surface area is 96.6 Å². The molecule has 16 heavy (non-hydrogen) atoms. The van der Waals surface area contributed by atoms with E-state index in [-0.39, 0.29) is 5.97 Å². The minimum absolute atomic E-state index is 0.299. The smallest absolute Gasteiger partial charge is 0.338 e. The molecule has 0 heterocycles. The summed E-state index contributed by atoms with van der Waals surface area (Å²) < 4.78 is 5.14. The molecule has 0 aliphatic rings. The van der Waals surface area contributed by atoms with Crippen molar-refractivity contribution in [3.05, 3.63) is 29.3 Å². The molecule has 2 N–H and O–H groups in total. The van der Waals surface area contributed by atoms with Gasteiger partial charge in [-0.15, -0.1) is 0 Å². The molecule has 88 valence electrons. The van der Waals surface area contributed by atoms with Gasteiger partial charge in [0.25, 0.3) is 0 Å². The van der Waals surface area contributed by atoms with E-state index in [2.05, 4.69) is 13.8 Å². The van der Waals surface area contributed by atoms with Crippen LogP contribution in [0.15, 0.2) is 18.2 Å². The highest BCUT2D eigenvalue weighted by Gasteiger charge is 2.08. The lowest BCUT2D eigenvalue weighted by molar-refractivity contribution is 0.0488. The predicted molar refractivity (Wildman–Crippen MR) is 65.3 cm³/mol. The quantitative estimate of drug-likeness (QED) is 0.628. The minimum atomic E-state index is -0.299. The number of benzene rings is 1. The minimum Gasteiger partial charge on any atom is -0.462 e. The second-order valence-corrected chi connectivity index (χ2v) is 4.39. The van der Waals surface area contributed by atoms with Crippen LogP contribution in [0.3, 0.4) is 0 Å². The van der Waals surface area contributed by atoms with Gasteiger partial charge in [-0.25, -0.2) is 4.79 Å². The van der Waals surface area contributed by atoms with Gasteiger partial charge in [0.2, 0.25) is 0 Å². The van der Waals surface area contributed by atoms with Crippen molar-refractivity contribution in [3.8, 4) is 0 Å². The van der Waals surface area contributed by atoms with E-state index in [1.807, 2.05) is 13.0 Å². The molecule has 0 radical (unpaired) electrons. The summed E-state index contributed by atoms with van der Waals surface area (Å²) in [4.78, 5) is 11.6. The molecule has 0 saturated heterocycles. The Bertz CT molecular complexity index is 372. The number of carbonyl (C=O) groups is 1. The Kier molecular flexibility index (Phi) is 4.35. The summed E-state index contributed by atoms with van der Waals surface area (Å²) in [6.07, 6.45) is 0.882. The molecule has 0 fully saturated rings. The van der Waals surface area contributed by atoms with Gasteiger partial charge in [0.15, 0.2) is 0 Å². The Morgan fingerprint density at radius 3 is 2.69 bits per heavy atom. The first-order valence-electron chi connectivity index (χ1n) is 5.54. The zero-order valence-corrected chi connectivity index (χ0v) is 10.1. The van der Waals surface area contributed by atoms with Gasteiger partial charge >= 0.3 is 5.97 Å². The maximum atomic E-state index is 11.6. The van der Waals surface area contributed by atoms with Crippen LogP contribution in [0, 0.1) is 12.8 Å². The molecule has 0 spiro atoms. The van der Waals surface area contributed by atoms with Gasteiger partial charge in [0.05, 0.1) is 12.2 Å². The number of ether oxygens (including phenoxy) is 1. The van der Waals surface area contributed by atoms with Crippen LogP contribution in [0.2, 0.25) is 0 Å². The third-order valence-electron chi connectivity index (χ3n) is 2.44. The van der Waals surface area contributed by atoms with Crippen LogP contribution in [0.5, 0.6) is 0 Å². The third kappa shape index (κ3) is 3.57. The number of aryl methyl sites for hydroxylation is 1. The number of esters is 1. The van der Waals surface area contributed by atoms with E-state index in [0.29, 0.717) is 23.8 Å². The molecule has 0 aliphatic carbocycles. The molecule has 0 amide bonds. The molecule has 0 aliphatic heterocycles. The fraction of sp³-hybridized carbons (Fsp3) is 0.462. The monoisotopic (exact) mass is 221 g/mol. The van der Waals surface area contributed by atoms with Crippen LogP contribution in [-0.2, 0) is 4.74 Å². The van der Waals surface area contributed by atoms with Crippen molar-refractivity contribution in [2.75, 3.05) is 12.3 Å². The van der Waals surface area contributed by atoms with Crippen LogP contribution in [0.1, 0.15) is 36.2 Å². The molecular weight excluding hydrogens is 202 g/mol. The molecule has 0 bridgehead atoms. The van der Waals surface area contributed by atoms with Crippen LogP contribution >= 0.6 is 0 Å². The second kappa shape index (κ2) is 5.54. The number of nitrogen functional groups attached to an aromatic ring is 1. The molecule has 1 aromatic rings. The summed E-state index contributed by atoms with van der Waals surface area (Å²) in [5, 5.41) is 0. The van der Waals surface area contributed by atoms with E-state index >= 15 is 0 Å².